The fourth-order valence-electron chi connectivity index (χ4n) is 2.23. The maximum absolute atomic E-state index is 11.9. The van der Waals surface area contributed by atoms with Crippen LogP contribution >= 0.6 is 11.3 Å². The summed E-state index contributed by atoms with van der Waals surface area (Å²) in [6, 6.07) is 13.6. The molecule has 0 aliphatic rings. The van der Waals surface area contributed by atoms with Crippen molar-refractivity contribution in [3.8, 4) is 0 Å². The number of thiophene rings is 1. The molecule has 24 heavy (non-hydrogen) atoms. The molecule has 0 saturated heterocycles. The molecular weight excluding hydrogens is 320 g/mol. The van der Waals surface area contributed by atoms with Crippen molar-refractivity contribution in [3.63, 3.8) is 0 Å². The molecule has 0 spiro atoms. The van der Waals surface area contributed by atoms with E-state index in [1.54, 1.807) is 18.4 Å². The Kier molecular flexibility index (Phi) is 7.29. The van der Waals surface area contributed by atoms with E-state index in [9.17, 15) is 4.79 Å². The van der Waals surface area contributed by atoms with Gasteiger partial charge in [-0.05, 0) is 35.9 Å². The lowest BCUT2D eigenvalue weighted by atomic mass is 10.1. The number of hydrogen-bond donors (Lipinski definition) is 3. The normalized spacial score (nSPS) is 12.5. The zero-order valence-electron chi connectivity index (χ0n) is 14.1. The largest absolute Gasteiger partial charge is 0.356 e. The summed E-state index contributed by atoms with van der Waals surface area (Å²) in [5.74, 6) is 1.02. The molecule has 0 aliphatic carbocycles. The van der Waals surface area contributed by atoms with E-state index < -0.39 is 0 Å². The lowest BCUT2D eigenvalue weighted by Crippen LogP contribution is -2.43. The topological polar surface area (TPSA) is 65.5 Å². The van der Waals surface area contributed by atoms with Crippen molar-refractivity contribution in [1.82, 2.24) is 10.6 Å². The van der Waals surface area contributed by atoms with Crippen LogP contribution in [-0.2, 0) is 11.2 Å². The molecule has 128 valence electrons. The van der Waals surface area contributed by atoms with E-state index in [1.807, 2.05) is 30.3 Å². The lowest BCUT2D eigenvalue weighted by molar-refractivity contribution is -0.115. The van der Waals surface area contributed by atoms with Crippen molar-refractivity contribution in [1.29, 1.82) is 0 Å². The molecule has 6 heteroatoms. The van der Waals surface area contributed by atoms with Crippen molar-refractivity contribution in [3.05, 3.63) is 52.7 Å². The van der Waals surface area contributed by atoms with Crippen molar-refractivity contribution in [2.24, 2.45) is 10.9 Å². The number of anilines is 1. The maximum atomic E-state index is 11.9. The number of hydrogen-bond acceptors (Lipinski definition) is 3. The first-order valence-corrected chi connectivity index (χ1v) is 8.87. The van der Waals surface area contributed by atoms with Crippen molar-refractivity contribution in [2.45, 2.75) is 13.3 Å². The average Bonchev–Trinajstić information content (AvgIpc) is 3.09. The SMILES string of the molecule is CN=C(NCC(=O)Nc1ccccc1)NCC(C)Cc1cccs1. The van der Waals surface area contributed by atoms with Crippen molar-refractivity contribution < 1.29 is 4.79 Å². The summed E-state index contributed by atoms with van der Waals surface area (Å²) >= 11 is 1.78. The third-order valence-electron chi connectivity index (χ3n) is 3.45. The van der Waals surface area contributed by atoms with Gasteiger partial charge in [0.2, 0.25) is 5.91 Å². The Morgan fingerprint density at radius 3 is 2.62 bits per heavy atom. The Morgan fingerprint density at radius 2 is 1.96 bits per heavy atom. The minimum absolute atomic E-state index is 0.101. The molecular formula is C18H24N4OS. The number of amides is 1. The molecule has 1 atom stereocenters. The number of carbonyl (C=O) groups excluding carboxylic acids is 1. The smallest absolute Gasteiger partial charge is 0.243 e. The second-order valence-corrected chi connectivity index (χ2v) is 6.64. The first-order chi connectivity index (χ1) is 11.7. The van der Waals surface area contributed by atoms with Crippen LogP contribution in [-0.4, -0.2) is 32.0 Å². The van der Waals surface area contributed by atoms with Gasteiger partial charge in [-0.1, -0.05) is 31.2 Å². The number of para-hydroxylation sites is 1. The van der Waals surface area contributed by atoms with Crippen molar-refractivity contribution in [2.75, 3.05) is 25.5 Å². The van der Waals surface area contributed by atoms with Gasteiger partial charge >= 0.3 is 0 Å². The summed E-state index contributed by atoms with van der Waals surface area (Å²) in [6.45, 7) is 3.17. The van der Waals surface area contributed by atoms with Gasteiger partial charge in [-0.25, -0.2) is 0 Å². The number of guanidine groups is 1. The molecule has 0 bridgehead atoms. The summed E-state index contributed by atoms with van der Waals surface area (Å²) in [7, 11) is 1.70. The van der Waals surface area contributed by atoms with Gasteiger partial charge < -0.3 is 16.0 Å². The summed E-state index contributed by atoms with van der Waals surface area (Å²) < 4.78 is 0. The van der Waals surface area contributed by atoms with Crippen LogP contribution in [0.15, 0.2) is 52.8 Å². The number of aliphatic imine (C=N–C) groups is 1. The van der Waals surface area contributed by atoms with Crippen LogP contribution in [0.2, 0.25) is 0 Å². The van der Waals surface area contributed by atoms with E-state index in [-0.39, 0.29) is 12.5 Å². The predicted octanol–water partition coefficient (Wildman–Crippen LogP) is 2.73. The number of benzene rings is 1. The number of nitrogens with one attached hydrogen (secondary N) is 3. The minimum atomic E-state index is -0.101. The van der Waals surface area contributed by atoms with E-state index in [2.05, 4.69) is 45.4 Å². The molecule has 1 heterocycles. The molecule has 5 nitrogen and oxygen atoms in total. The monoisotopic (exact) mass is 344 g/mol. The van der Waals surface area contributed by atoms with Crippen LogP contribution in [0, 0.1) is 5.92 Å². The summed E-state index contributed by atoms with van der Waals surface area (Å²) in [6.07, 6.45) is 1.04. The third kappa shape index (κ3) is 6.42. The Morgan fingerprint density at radius 1 is 1.17 bits per heavy atom. The van der Waals surface area contributed by atoms with Crippen LogP contribution in [0.25, 0.3) is 0 Å². The van der Waals surface area contributed by atoms with Crippen LogP contribution in [0.4, 0.5) is 5.69 Å². The fraction of sp³-hybridized carbons (Fsp3) is 0.333. The fourth-order valence-corrected chi connectivity index (χ4v) is 3.10. The highest BCUT2D eigenvalue weighted by Crippen LogP contribution is 2.13. The van der Waals surface area contributed by atoms with Gasteiger partial charge in [0, 0.05) is 24.2 Å². The van der Waals surface area contributed by atoms with Crippen molar-refractivity contribution >= 4 is 28.9 Å². The molecule has 2 aromatic rings. The van der Waals surface area contributed by atoms with Crippen LogP contribution in [0.3, 0.4) is 0 Å². The summed E-state index contributed by atoms with van der Waals surface area (Å²) in [5.41, 5.74) is 0.789. The Balaban J connectivity index is 1.69. The number of nitrogens with zero attached hydrogens (tertiary/aromatic N) is 1. The molecule has 0 radical (unpaired) electrons. The van der Waals surface area contributed by atoms with Gasteiger partial charge in [0.15, 0.2) is 5.96 Å². The molecule has 2 rings (SSSR count). The Hall–Kier alpha value is -2.34. The van der Waals surface area contributed by atoms with Gasteiger partial charge in [-0.2, -0.15) is 0 Å². The predicted molar refractivity (Wildman–Crippen MR) is 102 cm³/mol. The van der Waals surface area contributed by atoms with Crippen LogP contribution in [0.1, 0.15) is 11.8 Å². The van der Waals surface area contributed by atoms with Gasteiger partial charge in [-0.15, -0.1) is 11.3 Å². The summed E-state index contributed by atoms with van der Waals surface area (Å²) in [4.78, 5) is 17.5. The minimum Gasteiger partial charge on any atom is -0.356 e. The molecule has 1 unspecified atom stereocenters. The highest BCUT2D eigenvalue weighted by molar-refractivity contribution is 7.09. The zero-order chi connectivity index (χ0) is 17.2. The van der Waals surface area contributed by atoms with E-state index in [4.69, 9.17) is 0 Å². The second kappa shape index (κ2) is 9.72. The highest BCUT2D eigenvalue weighted by Gasteiger charge is 2.07. The molecule has 1 aromatic carbocycles. The molecule has 1 amide bonds. The van der Waals surface area contributed by atoms with E-state index in [0.29, 0.717) is 11.9 Å². The maximum Gasteiger partial charge on any atom is 0.243 e. The molecule has 3 N–H and O–H groups in total. The quantitative estimate of drug-likeness (QED) is 0.534. The molecule has 0 fully saturated rings. The van der Waals surface area contributed by atoms with Gasteiger partial charge in [0.1, 0.15) is 0 Å². The Bertz CT molecular complexity index is 640. The third-order valence-corrected chi connectivity index (χ3v) is 4.34. The van der Waals surface area contributed by atoms with E-state index in [0.717, 1.165) is 18.7 Å². The van der Waals surface area contributed by atoms with Gasteiger partial charge in [0.25, 0.3) is 0 Å². The van der Waals surface area contributed by atoms with E-state index >= 15 is 0 Å². The van der Waals surface area contributed by atoms with Crippen LogP contribution in [0.5, 0.6) is 0 Å². The van der Waals surface area contributed by atoms with E-state index in [1.165, 1.54) is 4.88 Å². The molecule has 0 saturated carbocycles. The average molecular weight is 344 g/mol. The van der Waals surface area contributed by atoms with Gasteiger partial charge in [-0.3, -0.25) is 9.79 Å². The van der Waals surface area contributed by atoms with Crippen LogP contribution < -0.4 is 16.0 Å². The number of carbonyl (C=O) groups is 1. The summed E-state index contributed by atoms with van der Waals surface area (Å²) in [5, 5.41) is 11.2. The Labute approximate surface area is 147 Å². The lowest BCUT2D eigenvalue weighted by Gasteiger charge is -2.15. The molecule has 1 aromatic heterocycles. The standard InChI is InChI=1S/C18H24N4OS/c1-14(11-16-9-6-10-24-16)12-20-18(19-2)21-13-17(23)22-15-7-4-3-5-8-15/h3-10,14H,11-13H2,1-2H3,(H,22,23)(H2,19,20,21). The second-order valence-electron chi connectivity index (χ2n) is 5.61. The van der Waals surface area contributed by atoms with Gasteiger partial charge in [0.05, 0.1) is 6.54 Å². The first kappa shape index (κ1) is 18.0. The number of rotatable bonds is 7. The first-order valence-electron chi connectivity index (χ1n) is 7.99. The molecule has 0 aliphatic heterocycles. The zero-order valence-corrected chi connectivity index (χ0v) is 14.9. The highest BCUT2D eigenvalue weighted by atomic mass is 32.1.